The van der Waals surface area contributed by atoms with Crippen molar-refractivity contribution in [2.45, 2.75) is 58.8 Å². The smallest absolute Gasteiger partial charge is 0.371 e. The zero-order valence-corrected chi connectivity index (χ0v) is 39.6. The number of phenolic OH excluding ortho intramolecular Hbond substituents is 1. The van der Waals surface area contributed by atoms with Gasteiger partial charge in [-0.05, 0) is 102 Å². The van der Waals surface area contributed by atoms with E-state index in [0.29, 0.717) is 5.69 Å². The molecule has 0 amide bonds. The number of aromatic amines is 1. The number of hydrogen-bond donors (Lipinski definition) is 7. The van der Waals surface area contributed by atoms with E-state index in [2.05, 4.69) is 140 Å². The molecule has 2 aromatic heterocycles. The van der Waals surface area contributed by atoms with Gasteiger partial charge in [-0.25, -0.2) is 9.48 Å². The first kappa shape index (κ1) is 50.2. The summed E-state index contributed by atoms with van der Waals surface area (Å²) in [5.74, 6) is -1.51. The van der Waals surface area contributed by atoms with Gasteiger partial charge >= 0.3 is 5.97 Å². The van der Waals surface area contributed by atoms with Crippen molar-refractivity contribution in [1.29, 1.82) is 0 Å². The SMILES string of the molecule is Cc1[nH]n(-c2ccc3c(c2)CCCC3)c(=O)c1N=Nc1cccc(-c2ccc(C(=O)O)o2)c1O.c1ccc(CNCCNCc2ccccc2)cc1.c1ccc(CNCCNCc2ccccc2)cc1. The van der Waals surface area contributed by atoms with Crippen molar-refractivity contribution in [1.82, 2.24) is 31.0 Å². The highest BCUT2D eigenvalue weighted by Gasteiger charge is 2.18. The summed E-state index contributed by atoms with van der Waals surface area (Å²) in [5.41, 5.74) is 9.38. The van der Waals surface area contributed by atoms with E-state index in [0.717, 1.165) is 77.3 Å². The second-order valence-electron chi connectivity index (χ2n) is 16.9. The molecule has 6 aromatic carbocycles. The Bertz CT molecular complexity index is 2740. The molecule has 0 fully saturated rings. The van der Waals surface area contributed by atoms with Crippen LogP contribution in [0.3, 0.4) is 0 Å². The standard InChI is InChI=1S/C25H22N4O5.2C16H20N2/c1-14-22(24(31)29(28-14)17-10-9-15-5-2-3-6-16(15)13-17)27-26-19-8-4-7-18(23(19)30)20-11-12-21(34-20)25(32)33;2*1-3-7-15(8-4-1)13-17-11-12-18-14-16-9-5-2-6-10-16/h4,7-13,28,30H,2-3,5-6H2,1H3,(H,32,33);2*1-10,17-18H,11-14H2. The molecule has 7 N–H and O–H groups in total. The molecule has 1 aliphatic rings. The molecule has 13 nitrogen and oxygen atoms in total. The van der Waals surface area contributed by atoms with Crippen molar-refractivity contribution < 1.29 is 19.4 Å². The number of H-pyrrole nitrogens is 1. The number of phenols is 1. The molecule has 9 rings (SSSR count). The summed E-state index contributed by atoms with van der Waals surface area (Å²) in [6, 6.07) is 55.4. The van der Waals surface area contributed by atoms with Gasteiger partial charge in [0.25, 0.3) is 5.56 Å². The molecule has 0 saturated heterocycles. The second-order valence-corrected chi connectivity index (χ2v) is 16.9. The highest BCUT2D eigenvalue weighted by atomic mass is 16.4. The molecule has 8 aromatic rings. The molecule has 13 heteroatoms. The maximum Gasteiger partial charge on any atom is 0.371 e. The fourth-order valence-electron chi connectivity index (χ4n) is 7.88. The van der Waals surface area contributed by atoms with Crippen LogP contribution >= 0.6 is 0 Å². The number of carboxylic acids is 1. The molecule has 70 heavy (non-hydrogen) atoms. The van der Waals surface area contributed by atoms with Crippen molar-refractivity contribution >= 4 is 17.3 Å². The van der Waals surface area contributed by atoms with E-state index < -0.39 is 5.97 Å². The summed E-state index contributed by atoms with van der Waals surface area (Å²) < 4.78 is 6.72. The van der Waals surface area contributed by atoms with Gasteiger partial charge in [-0.2, -0.15) is 0 Å². The van der Waals surface area contributed by atoms with Crippen molar-refractivity contribution in [2.24, 2.45) is 10.2 Å². The van der Waals surface area contributed by atoms with Crippen LogP contribution in [0.25, 0.3) is 17.0 Å². The number of nitrogens with one attached hydrogen (secondary N) is 5. The Hall–Kier alpha value is -7.68. The fraction of sp³-hybridized carbons (Fsp3) is 0.228. The quantitative estimate of drug-likeness (QED) is 0.0307. The maximum absolute atomic E-state index is 13.1. The predicted molar refractivity (Wildman–Crippen MR) is 277 cm³/mol. The number of nitrogens with zero attached hydrogens (tertiary/aromatic N) is 3. The Morgan fingerprint density at radius 2 is 1.09 bits per heavy atom. The number of hydrogen-bond acceptors (Lipinski definition) is 10. The number of para-hydroxylation sites is 1. The molecule has 2 heterocycles. The minimum absolute atomic E-state index is 0.117. The first-order valence-electron chi connectivity index (χ1n) is 23.8. The van der Waals surface area contributed by atoms with E-state index in [1.807, 2.05) is 36.4 Å². The number of furan rings is 1. The summed E-state index contributed by atoms with van der Waals surface area (Å²) in [7, 11) is 0. The van der Waals surface area contributed by atoms with Gasteiger partial charge in [-0.15, -0.1) is 10.2 Å². The van der Waals surface area contributed by atoms with Crippen LogP contribution in [0.5, 0.6) is 5.75 Å². The average Bonchev–Trinajstić information content (AvgIpc) is 4.01. The summed E-state index contributed by atoms with van der Waals surface area (Å²) >= 11 is 0. The van der Waals surface area contributed by atoms with E-state index in [4.69, 9.17) is 9.52 Å². The predicted octanol–water partition coefficient (Wildman–Crippen LogP) is 10.6. The average molecular weight is 939 g/mol. The summed E-state index contributed by atoms with van der Waals surface area (Å²) in [5, 5.41) is 44.7. The number of rotatable bonds is 19. The third-order valence-electron chi connectivity index (χ3n) is 11.6. The highest BCUT2D eigenvalue weighted by Crippen LogP contribution is 2.38. The van der Waals surface area contributed by atoms with E-state index >= 15 is 0 Å². The summed E-state index contributed by atoms with van der Waals surface area (Å²) in [4.78, 5) is 24.1. The zero-order valence-electron chi connectivity index (χ0n) is 39.6. The van der Waals surface area contributed by atoms with Gasteiger partial charge in [-0.3, -0.25) is 9.89 Å². The lowest BCUT2D eigenvalue weighted by atomic mass is 9.91. The first-order valence-corrected chi connectivity index (χ1v) is 23.8. The van der Waals surface area contributed by atoms with Crippen LogP contribution in [0.4, 0.5) is 11.4 Å². The topological polar surface area (TPSA) is 181 Å². The van der Waals surface area contributed by atoms with Crippen LogP contribution in [0, 0.1) is 6.92 Å². The fourth-order valence-corrected chi connectivity index (χ4v) is 7.88. The normalized spacial score (nSPS) is 11.8. The first-order chi connectivity index (χ1) is 34.3. The molecule has 0 spiro atoms. The Labute approximate surface area is 409 Å². The zero-order chi connectivity index (χ0) is 48.8. The lowest BCUT2D eigenvalue weighted by Crippen LogP contribution is -2.26. The van der Waals surface area contributed by atoms with Crippen LogP contribution < -0.4 is 26.8 Å². The molecular formula is C57H62N8O5. The summed E-state index contributed by atoms with van der Waals surface area (Å²) in [6.07, 6.45) is 4.40. The highest BCUT2D eigenvalue weighted by molar-refractivity contribution is 5.85. The van der Waals surface area contributed by atoms with Crippen molar-refractivity contribution in [2.75, 3.05) is 26.2 Å². The number of fused-ring (bicyclic) bond motifs is 1. The monoisotopic (exact) mass is 938 g/mol. The lowest BCUT2D eigenvalue weighted by molar-refractivity contribution is 0.0663. The Kier molecular flexibility index (Phi) is 19.2. The number of aryl methyl sites for hydroxylation is 3. The van der Waals surface area contributed by atoms with Gasteiger partial charge in [-0.1, -0.05) is 133 Å². The van der Waals surface area contributed by atoms with Crippen molar-refractivity contribution in [3.05, 3.63) is 225 Å². The third kappa shape index (κ3) is 15.2. The minimum atomic E-state index is -1.21. The molecule has 0 aliphatic heterocycles. The number of benzene rings is 6. The van der Waals surface area contributed by atoms with Crippen molar-refractivity contribution in [3.63, 3.8) is 0 Å². The van der Waals surface area contributed by atoms with Crippen molar-refractivity contribution in [3.8, 4) is 22.8 Å². The van der Waals surface area contributed by atoms with Crippen LogP contribution in [0.2, 0.25) is 0 Å². The number of aromatic hydroxyl groups is 1. The Morgan fingerprint density at radius 3 is 1.56 bits per heavy atom. The number of aromatic nitrogens is 2. The molecule has 360 valence electrons. The number of aromatic carboxylic acids is 1. The van der Waals surface area contributed by atoms with Gasteiger partial charge in [0, 0.05) is 52.4 Å². The maximum atomic E-state index is 13.1. The third-order valence-corrected chi connectivity index (χ3v) is 11.6. The van der Waals surface area contributed by atoms with Gasteiger partial charge in [0.15, 0.2) is 11.4 Å². The molecule has 1 aliphatic carbocycles. The van der Waals surface area contributed by atoms with Crippen LogP contribution in [-0.2, 0) is 39.0 Å². The molecule has 0 bridgehead atoms. The molecule has 0 radical (unpaired) electrons. The van der Waals surface area contributed by atoms with E-state index in [-0.39, 0.29) is 39.8 Å². The number of carboxylic acid groups (broad SMARTS) is 1. The minimum Gasteiger partial charge on any atom is -0.505 e. The second kappa shape index (κ2) is 26.8. The lowest BCUT2D eigenvalue weighted by Gasteiger charge is -2.16. The largest absolute Gasteiger partial charge is 0.505 e. The van der Waals surface area contributed by atoms with Crippen LogP contribution in [0.15, 0.2) is 189 Å². The molecule has 0 atom stereocenters. The molecular weight excluding hydrogens is 877 g/mol. The van der Waals surface area contributed by atoms with E-state index in [1.54, 1.807) is 19.1 Å². The Balaban J connectivity index is 0.000000170. The summed E-state index contributed by atoms with van der Waals surface area (Å²) in [6.45, 7) is 9.44. The van der Waals surface area contributed by atoms with Gasteiger partial charge in [0.1, 0.15) is 11.4 Å². The number of carbonyl (C=O) groups is 1. The number of azo groups is 1. The Morgan fingerprint density at radius 1 is 0.600 bits per heavy atom. The van der Waals surface area contributed by atoms with E-state index in [1.165, 1.54) is 62.7 Å². The molecule has 0 saturated carbocycles. The van der Waals surface area contributed by atoms with E-state index in [9.17, 15) is 14.7 Å². The van der Waals surface area contributed by atoms with Crippen LogP contribution in [-0.4, -0.2) is 52.1 Å². The van der Waals surface area contributed by atoms with Crippen LogP contribution in [0.1, 0.15) is 62.5 Å². The molecule has 0 unspecified atom stereocenters. The van der Waals surface area contributed by atoms with Gasteiger partial charge in [0.2, 0.25) is 5.76 Å². The van der Waals surface area contributed by atoms with Gasteiger partial charge < -0.3 is 35.9 Å². The van der Waals surface area contributed by atoms with Gasteiger partial charge in [0.05, 0.1) is 16.9 Å².